The Labute approximate surface area is 157 Å². The van der Waals surface area contributed by atoms with Crippen LogP contribution in [0.5, 0.6) is 17.2 Å². The quantitative estimate of drug-likeness (QED) is 0.728. The Morgan fingerprint density at radius 2 is 1.96 bits per heavy atom. The van der Waals surface area contributed by atoms with E-state index in [1.54, 1.807) is 6.92 Å². The van der Waals surface area contributed by atoms with Gasteiger partial charge in [0.25, 0.3) is 0 Å². The lowest BCUT2D eigenvalue weighted by molar-refractivity contribution is -0.149. The summed E-state index contributed by atoms with van der Waals surface area (Å²) in [5.74, 6) is 1.28. The molecule has 1 atom stereocenters. The van der Waals surface area contributed by atoms with Crippen LogP contribution in [-0.2, 0) is 16.0 Å². The minimum atomic E-state index is -0.953. The zero-order chi connectivity index (χ0) is 19.1. The average Bonchev–Trinajstić information content (AvgIpc) is 3.14. The fourth-order valence-electron chi connectivity index (χ4n) is 2.70. The molecule has 1 aliphatic heterocycles. The van der Waals surface area contributed by atoms with E-state index in [4.69, 9.17) is 24.1 Å². The number of benzene rings is 2. The molecule has 1 N–H and O–H groups in total. The van der Waals surface area contributed by atoms with Crippen molar-refractivity contribution in [2.24, 2.45) is 0 Å². The fourth-order valence-corrected chi connectivity index (χ4v) is 2.70. The summed E-state index contributed by atoms with van der Waals surface area (Å²) in [6.07, 6.45) is 3.37. The normalized spacial score (nSPS) is 13.7. The second kappa shape index (κ2) is 9.09. The Morgan fingerprint density at radius 1 is 1.19 bits per heavy atom. The summed E-state index contributed by atoms with van der Waals surface area (Å²) in [7, 11) is 0. The van der Waals surface area contributed by atoms with Crippen molar-refractivity contribution in [3.63, 3.8) is 0 Å². The zero-order valence-electron chi connectivity index (χ0n) is 15.1. The monoisotopic (exact) mass is 370 g/mol. The van der Waals surface area contributed by atoms with Gasteiger partial charge in [0.1, 0.15) is 12.4 Å². The van der Waals surface area contributed by atoms with Crippen molar-refractivity contribution in [1.29, 1.82) is 0 Å². The number of ether oxygens (including phenoxy) is 4. The topological polar surface area (TPSA) is 74.2 Å². The molecule has 0 spiro atoms. The van der Waals surface area contributed by atoms with Crippen LogP contribution in [0.1, 0.15) is 18.1 Å². The lowest BCUT2D eigenvalue weighted by Gasteiger charge is -2.12. The highest BCUT2D eigenvalue weighted by atomic mass is 16.7. The van der Waals surface area contributed by atoms with E-state index in [1.165, 1.54) is 0 Å². The van der Waals surface area contributed by atoms with Crippen molar-refractivity contribution >= 4 is 12.0 Å². The molecule has 6 heteroatoms. The molecule has 0 saturated carbocycles. The second-order valence-electron chi connectivity index (χ2n) is 5.96. The summed E-state index contributed by atoms with van der Waals surface area (Å²) in [4.78, 5) is 11.1. The van der Waals surface area contributed by atoms with Crippen LogP contribution in [0.2, 0.25) is 0 Å². The first-order valence-corrected chi connectivity index (χ1v) is 8.78. The molecule has 0 saturated heterocycles. The maximum absolute atomic E-state index is 11.1. The summed E-state index contributed by atoms with van der Waals surface area (Å²) < 4.78 is 21.6. The van der Waals surface area contributed by atoms with Gasteiger partial charge in [-0.15, -0.1) is 0 Å². The number of aliphatic carboxylic acids is 1. The van der Waals surface area contributed by atoms with Gasteiger partial charge < -0.3 is 24.1 Å². The van der Waals surface area contributed by atoms with Gasteiger partial charge in [-0.25, -0.2) is 4.79 Å². The number of carboxylic acids is 1. The van der Waals surface area contributed by atoms with Gasteiger partial charge in [-0.3, -0.25) is 0 Å². The van der Waals surface area contributed by atoms with Gasteiger partial charge >= 0.3 is 5.97 Å². The molecule has 27 heavy (non-hydrogen) atoms. The van der Waals surface area contributed by atoms with Crippen LogP contribution in [0.25, 0.3) is 6.08 Å². The molecule has 2 aromatic rings. The number of hydrogen-bond acceptors (Lipinski definition) is 5. The second-order valence-corrected chi connectivity index (χ2v) is 5.96. The van der Waals surface area contributed by atoms with Gasteiger partial charge in [0.15, 0.2) is 17.6 Å². The van der Waals surface area contributed by atoms with Gasteiger partial charge in [0.05, 0.1) is 0 Å². The molecular weight excluding hydrogens is 348 g/mol. The van der Waals surface area contributed by atoms with Crippen LogP contribution in [0, 0.1) is 0 Å². The van der Waals surface area contributed by atoms with Crippen molar-refractivity contribution in [1.82, 2.24) is 0 Å². The van der Waals surface area contributed by atoms with Crippen LogP contribution in [0.4, 0.5) is 0 Å². The van der Waals surface area contributed by atoms with Crippen LogP contribution >= 0.6 is 0 Å². The molecule has 6 nitrogen and oxygen atoms in total. The third kappa shape index (κ3) is 5.24. The van der Waals surface area contributed by atoms with E-state index in [-0.39, 0.29) is 6.79 Å². The summed E-state index contributed by atoms with van der Waals surface area (Å²) in [5.41, 5.74) is 1.90. The molecule has 2 aromatic carbocycles. The molecule has 0 fully saturated rings. The Hall–Kier alpha value is -2.99. The van der Waals surface area contributed by atoms with Gasteiger partial charge in [0, 0.05) is 13.0 Å². The van der Waals surface area contributed by atoms with Gasteiger partial charge in [-0.1, -0.05) is 24.3 Å². The third-order valence-electron chi connectivity index (χ3n) is 4.04. The molecule has 0 aromatic heterocycles. The first-order chi connectivity index (χ1) is 13.2. The fraction of sp³-hybridized carbons (Fsp3) is 0.286. The van der Waals surface area contributed by atoms with E-state index >= 15 is 0 Å². The molecule has 1 aliphatic rings. The molecule has 1 unspecified atom stereocenters. The van der Waals surface area contributed by atoms with Crippen LogP contribution in [0.15, 0.2) is 48.5 Å². The standard InChI is InChI=1S/C21H22O6/c1-2-24-20(21(22)23)13-16-5-8-17(9-6-16)25-11-3-4-15-7-10-18-19(12-15)27-14-26-18/h3-10,12,20H,2,11,13-14H2,1H3,(H,22,23). The van der Waals surface area contributed by atoms with E-state index in [0.717, 1.165) is 28.4 Å². The highest BCUT2D eigenvalue weighted by molar-refractivity contribution is 5.72. The van der Waals surface area contributed by atoms with E-state index in [1.807, 2.05) is 54.6 Å². The van der Waals surface area contributed by atoms with E-state index in [2.05, 4.69) is 0 Å². The maximum atomic E-state index is 11.1. The van der Waals surface area contributed by atoms with Crippen molar-refractivity contribution in [3.8, 4) is 17.2 Å². The minimum absolute atomic E-state index is 0.263. The average molecular weight is 370 g/mol. The Balaban J connectivity index is 1.49. The number of carbonyl (C=O) groups is 1. The minimum Gasteiger partial charge on any atom is -0.490 e. The van der Waals surface area contributed by atoms with Crippen LogP contribution in [0.3, 0.4) is 0 Å². The predicted octanol–water partition coefficient (Wildman–Crippen LogP) is 3.54. The highest BCUT2D eigenvalue weighted by Gasteiger charge is 2.17. The summed E-state index contributed by atoms with van der Waals surface area (Å²) in [5, 5.41) is 9.14. The number of carboxylic acid groups (broad SMARTS) is 1. The third-order valence-corrected chi connectivity index (χ3v) is 4.04. The molecule has 0 amide bonds. The molecular formula is C21H22O6. The molecule has 142 valence electrons. The van der Waals surface area contributed by atoms with Gasteiger partial charge in [-0.2, -0.15) is 0 Å². The highest BCUT2D eigenvalue weighted by Crippen LogP contribution is 2.32. The van der Waals surface area contributed by atoms with Crippen molar-refractivity contribution in [2.45, 2.75) is 19.4 Å². The maximum Gasteiger partial charge on any atom is 0.333 e. The predicted molar refractivity (Wildman–Crippen MR) is 100 cm³/mol. The lowest BCUT2D eigenvalue weighted by Crippen LogP contribution is -2.26. The van der Waals surface area contributed by atoms with Crippen LogP contribution < -0.4 is 14.2 Å². The number of hydrogen-bond donors (Lipinski definition) is 1. The van der Waals surface area contributed by atoms with E-state index in [0.29, 0.717) is 19.6 Å². The number of fused-ring (bicyclic) bond motifs is 1. The smallest absolute Gasteiger partial charge is 0.333 e. The van der Waals surface area contributed by atoms with Crippen molar-refractivity contribution < 1.29 is 28.8 Å². The van der Waals surface area contributed by atoms with Gasteiger partial charge in [0.2, 0.25) is 6.79 Å². The summed E-state index contributed by atoms with van der Waals surface area (Å²) in [6.45, 7) is 2.84. The first-order valence-electron chi connectivity index (χ1n) is 8.78. The number of rotatable bonds is 9. The SMILES string of the molecule is CCOC(Cc1ccc(OCC=Cc2ccc3c(c2)OCO3)cc1)C(=O)O. The molecule has 3 rings (SSSR count). The molecule has 0 aliphatic carbocycles. The van der Waals surface area contributed by atoms with Gasteiger partial charge in [-0.05, 0) is 48.4 Å². The van der Waals surface area contributed by atoms with Crippen molar-refractivity contribution in [2.75, 3.05) is 20.0 Å². The molecule has 1 heterocycles. The lowest BCUT2D eigenvalue weighted by atomic mass is 10.1. The first kappa shape index (κ1) is 18.8. The zero-order valence-corrected chi connectivity index (χ0v) is 15.1. The van der Waals surface area contributed by atoms with Crippen LogP contribution in [-0.4, -0.2) is 37.2 Å². The Morgan fingerprint density at radius 3 is 2.70 bits per heavy atom. The van der Waals surface area contributed by atoms with E-state index in [9.17, 15) is 4.79 Å². The Bertz CT molecular complexity index is 797. The van der Waals surface area contributed by atoms with E-state index < -0.39 is 12.1 Å². The summed E-state index contributed by atoms with van der Waals surface area (Å²) >= 11 is 0. The summed E-state index contributed by atoms with van der Waals surface area (Å²) in [6, 6.07) is 13.1. The molecule has 0 radical (unpaired) electrons. The molecule has 0 bridgehead atoms. The Kier molecular flexibility index (Phi) is 6.33. The largest absolute Gasteiger partial charge is 0.490 e. The van der Waals surface area contributed by atoms with Crippen molar-refractivity contribution in [3.05, 3.63) is 59.7 Å².